The van der Waals surface area contributed by atoms with Crippen LogP contribution >= 0.6 is 0 Å². The Bertz CT molecular complexity index is 1360. The van der Waals surface area contributed by atoms with Crippen LogP contribution < -0.4 is 26.6 Å². The summed E-state index contributed by atoms with van der Waals surface area (Å²) in [7, 11) is 0. The van der Waals surface area contributed by atoms with Gasteiger partial charge in [0.15, 0.2) is 5.82 Å². The Morgan fingerprint density at radius 1 is 1.12 bits per heavy atom. The van der Waals surface area contributed by atoms with Gasteiger partial charge in [-0.3, -0.25) is 24.1 Å². The number of anilines is 2. The SMILES string of the molecule is CC[C@H](C)[C@H](NC(=O)Cc1cccc(N)c1)C(=O)NCC(=O)N1c2ccccc2C[C@H]1C(=O)NCc1nn[nH]n1. The molecule has 13 nitrogen and oxygen atoms in total. The van der Waals surface area contributed by atoms with E-state index in [1.807, 2.05) is 26.0 Å². The van der Waals surface area contributed by atoms with Gasteiger partial charge < -0.3 is 21.7 Å². The van der Waals surface area contributed by atoms with Crippen LogP contribution in [0, 0.1) is 5.92 Å². The van der Waals surface area contributed by atoms with Crippen LogP contribution in [-0.2, 0) is 38.6 Å². The molecule has 4 amide bonds. The summed E-state index contributed by atoms with van der Waals surface area (Å²) in [6, 6.07) is 12.6. The van der Waals surface area contributed by atoms with E-state index in [1.54, 1.807) is 36.4 Å². The van der Waals surface area contributed by atoms with Crippen molar-refractivity contribution in [3.63, 3.8) is 0 Å². The Kier molecular flexibility index (Phi) is 9.04. The van der Waals surface area contributed by atoms with Gasteiger partial charge in [0.05, 0.1) is 19.5 Å². The molecular weight excluding hydrogens is 514 g/mol. The molecule has 210 valence electrons. The summed E-state index contributed by atoms with van der Waals surface area (Å²) in [4.78, 5) is 53.8. The van der Waals surface area contributed by atoms with Crippen molar-refractivity contribution in [2.45, 2.75) is 51.7 Å². The summed E-state index contributed by atoms with van der Waals surface area (Å²) in [6.07, 6.45) is 1.02. The third kappa shape index (κ3) is 6.79. The highest BCUT2D eigenvalue weighted by Crippen LogP contribution is 2.32. The van der Waals surface area contributed by atoms with E-state index < -0.39 is 23.9 Å². The number of rotatable bonds is 11. The molecule has 0 unspecified atom stereocenters. The van der Waals surface area contributed by atoms with Gasteiger partial charge in [0.1, 0.15) is 12.1 Å². The molecule has 0 saturated carbocycles. The number of benzene rings is 2. The van der Waals surface area contributed by atoms with Crippen LogP contribution in [-0.4, -0.2) is 62.9 Å². The summed E-state index contributed by atoms with van der Waals surface area (Å²) >= 11 is 0. The molecule has 13 heteroatoms. The van der Waals surface area contributed by atoms with Gasteiger partial charge in [0.2, 0.25) is 23.6 Å². The fourth-order valence-corrected chi connectivity index (χ4v) is 4.62. The predicted octanol–water partition coefficient (Wildman–Crippen LogP) is 0.246. The van der Waals surface area contributed by atoms with Crippen LogP contribution in [0.25, 0.3) is 0 Å². The Morgan fingerprint density at radius 3 is 2.65 bits per heavy atom. The highest BCUT2D eigenvalue weighted by molar-refractivity contribution is 6.05. The van der Waals surface area contributed by atoms with E-state index in [1.165, 1.54) is 4.90 Å². The fraction of sp³-hybridized carbons (Fsp3) is 0.370. The molecule has 40 heavy (non-hydrogen) atoms. The summed E-state index contributed by atoms with van der Waals surface area (Å²) < 4.78 is 0. The zero-order chi connectivity index (χ0) is 28.6. The molecule has 0 fully saturated rings. The zero-order valence-electron chi connectivity index (χ0n) is 22.4. The summed E-state index contributed by atoms with van der Waals surface area (Å²) in [5.41, 5.74) is 8.53. The highest BCUT2D eigenvalue weighted by atomic mass is 16.2. The lowest BCUT2D eigenvalue weighted by Crippen LogP contribution is -2.54. The monoisotopic (exact) mass is 547 g/mol. The van der Waals surface area contributed by atoms with E-state index in [2.05, 4.69) is 36.6 Å². The Labute approximate surface area is 231 Å². The van der Waals surface area contributed by atoms with E-state index in [4.69, 9.17) is 5.73 Å². The highest BCUT2D eigenvalue weighted by Gasteiger charge is 2.38. The Morgan fingerprint density at radius 2 is 1.93 bits per heavy atom. The van der Waals surface area contributed by atoms with Crippen molar-refractivity contribution < 1.29 is 19.2 Å². The van der Waals surface area contributed by atoms with Crippen molar-refractivity contribution >= 4 is 35.0 Å². The third-order valence-electron chi connectivity index (χ3n) is 6.90. The maximum Gasteiger partial charge on any atom is 0.247 e. The topological polar surface area (TPSA) is 188 Å². The first-order chi connectivity index (χ1) is 19.3. The summed E-state index contributed by atoms with van der Waals surface area (Å²) in [6.45, 7) is 3.47. The maximum absolute atomic E-state index is 13.4. The molecule has 3 aromatic rings. The molecule has 0 bridgehead atoms. The number of amides is 4. The number of carbonyl (C=O) groups is 4. The summed E-state index contributed by atoms with van der Waals surface area (Å²) in [5, 5.41) is 21.6. The molecule has 0 radical (unpaired) electrons. The number of nitrogen functional groups attached to an aromatic ring is 1. The smallest absolute Gasteiger partial charge is 0.247 e. The molecule has 1 aromatic heterocycles. The second-order valence-electron chi connectivity index (χ2n) is 9.73. The average molecular weight is 548 g/mol. The number of tetrazole rings is 1. The predicted molar refractivity (Wildman–Crippen MR) is 146 cm³/mol. The Hall–Kier alpha value is -4.81. The number of nitrogens with zero attached hydrogens (tertiary/aromatic N) is 4. The zero-order valence-corrected chi connectivity index (χ0v) is 22.4. The van der Waals surface area contributed by atoms with Gasteiger partial charge in [0, 0.05) is 17.8 Å². The quantitative estimate of drug-likeness (QED) is 0.211. The number of para-hydroxylation sites is 1. The van der Waals surface area contributed by atoms with E-state index in [-0.39, 0.29) is 37.2 Å². The van der Waals surface area contributed by atoms with E-state index >= 15 is 0 Å². The number of carbonyl (C=O) groups excluding carboxylic acids is 4. The second kappa shape index (κ2) is 12.8. The number of hydrogen-bond donors (Lipinski definition) is 5. The average Bonchev–Trinajstić information content (AvgIpc) is 3.61. The van der Waals surface area contributed by atoms with Crippen molar-refractivity contribution in [1.82, 2.24) is 36.6 Å². The molecule has 3 atom stereocenters. The molecular formula is C27H33N9O4. The standard InChI is InChI=1S/C27H33N9O4/c1-3-16(2)25(31-23(37)12-17-7-6-9-19(28)11-17)27(40)30-15-24(38)36-20-10-5-4-8-18(20)13-21(36)26(39)29-14-22-32-34-35-33-22/h4-11,16,21,25H,3,12-15,28H2,1-2H3,(H,29,39)(H,30,40)(H,31,37)(H,32,33,34,35)/t16-,21-,25-/m0/s1. The number of hydrogen-bond acceptors (Lipinski definition) is 8. The lowest BCUT2D eigenvalue weighted by Gasteiger charge is -2.27. The minimum absolute atomic E-state index is 0.0484. The fourth-order valence-electron chi connectivity index (χ4n) is 4.62. The molecule has 0 saturated heterocycles. The van der Waals surface area contributed by atoms with Crippen LogP contribution in [0.3, 0.4) is 0 Å². The number of nitrogens with two attached hydrogens (primary N) is 1. The maximum atomic E-state index is 13.4. The molecule has 4 rings (SSSR count). The van der Waals surface area contributed by atoms with Gasteiger partial charge in [-0.1, -0.05) is 55.8 Å². The van der Waals surface area contributed by atoms with Crippen molar-refractivity contribution in [1.29, 1.82) is 0 Å². The first-order valence-corrected chi connectivity index (χ1v) is 13.1. The Balaban J connectivity index is 1.41. The molecule has 2 heterocycles. The van der Waals surface area contributed by atoms with E-state index in [0.29, 0.717) is 30.0 Å². The van der Waals surface area contributed by atoms with Gasteiger partial charge in [-0.2, -0.15) is 5.21 Å². The van der Waals surface area contributed by atoms with Gasteiger partial charge in [-0.05, 0) is 35.2 Å². The van der Waals surface area contributed by atoms with Gasteiger partial charge in [-0.25, -0.2) is 0 Å². The molecule has 2 aromatic carbocycles. The molecule has 6 N–H and O–H groups in total. The number of aromatic amines is 1. The van der Waals surface area contributed by atoms with E-state index in [0.717, 1.165) is 11.1 Å². The molecule has 0 spiro atoms. The number of fused-ring (bicyclic) bond motifs is 1. The van der Waals surface area contributed by atoms with Gasteiger partial charge in [0.25, 0.3) is 0 Å². The molecule has 1 aliphatic rings. The third-order valence-corrected chi connectivity index (χ3v) is 6.90. The second-order valence-corrected chi connectivity index (χ2v) is 9.73. The van der Waals surface area contributed by atoms with Crippen LogP contribution in [0.4, 0.5) is 11.4 Å². The van der Waals surface area contributed by atoms with Gasteiger partial charge >= 0.3 is 0 Å². The minimum atomic E-state index is -0.841. The number of H-pyrrole nitrogens is 1. The van der Waals surface area contributed by atoms with Crippen LogP contribution in [0.1, 0.15) is 37.2 Å². The van der Waals surface area contributed by atoms with Crippen molar-refractivity contribution in [2.75, 3.05) is 17.2 Å². The lowest BCUT2D eigenvalue weighted by atomic mass is 9.97. The van der Waals surface area contributed by atoms with Crippen molar-refractivity contribution in [2.24, 2.45) is 5.92 Å². The number of aromatic nitrogens is 4. The first-order valence-electron chi connectivity index (χ1n) is 13.1. The molecule has 1 aliphatic heterocycles. The minimum Gasteiger partial charge on any atom is -0.399 e. The summed E-state index contributed by atoms with van der Waals surface area (Å²) in [5.74, 6) is -1.52. The largest absolute Gasteiger partial charge is 0.399 e. The van der Waals surface area contributed by atoms with E-state index in [9.17, 15) is 19.2 Å². The van der Waals surface area contributed by atoms with Gasteiger partial charge in [-0.15, -0.1) is 10.2 Å². The number of nitrogens with one attached hydrogen (secondary N) is 4. The lowest BCUT2D eigenvalue weighted by molar-refractivity contribution is -0.131. The molecule has 0 aliphatic carbocycles. The normalized spacial score (nSPS) is 15.6. The van der Waals surface area contributed by atoms with Crippen LogP contribution in [0.5, 0.6) is 0 Å². The first kappa shape index (κ1) is 28.2. The van der Waals surface area contributed by atoms with Crippen molar-refractivity contribution in [3.05, 3.63) is 65.5 Å². The van der Waals surface area contributed by atoms with Crippen molar-refractivity contribution in [3.8, 4) is 0 Å². The van der Waals surface area contributed by atoms with Crippen LogP contribution in [0.2, 0.25) is 0 Å². The van der Waals surface area contributed by atoms with Crippen LogP contribution in [0.15, 0.2) is 48.5 Å².